The SMILES string of the molecule is O=S(=O)(Nc1ccc(Cl)c(Cl)c1)c1ccc(NC(=S)NCc2ccc(Cl)cc2)cc1. The normalized spacial score (nSPS) is 11.0. The standard InChI is InChI=1S/C20H16Cl3N3O2S2/c21-14-3-1-13(2-4-14)12-24-20(29)25-15-5-8-17(9-6-15)30(27,28)26-16-7-10-18(22)19(23)11-16/h1-11,26H,12H2,(H2,24,25,29). The summed E-state index contributed by atoms with van der Waals surface area (Å²) in [4.78, 5) is 0.0964. The van der Waals surface area contributed by atoms with E-state index < -0.39 is 10.0 Å². The third-order valence-corrected chi connectivity index (χ3v) is 6.60. The Bertz CT molecular complexity index is 1150. The molecule has 0 aliphatic carbocycles. The largest absolute Gasteiger partial charge is 0.358 e. The van der Waals surface area contributed by atoms with Crippen LogP contribution >= 0.6 is 47.0 Å². The number of nitrogens with one attached hydrogen (secondary N) is 3. The van der Waals surface area contributed by atoms with Crippen LogP contribution in [0.25, 0.3) is 0 Å². The van der Waals surface area contributed by atoms with Crippen molar-refractivity contribution in [3.05, 3.63) is 87.4 Å². The van der Waals surface area contributed by atoms with Crippen LogP contribution in [0.2, 0.25) is 15.1 Å². The summed E-state index contributed by atoms with van der Waals surface area (Å²) in [5.41, 5.74) is 2.00. The molecule has 3 aromatic carbocycles. The van der Waals surface area contributed by atoms with Crippen LogP contribution in [0.5, 0.6) is 0 Å². The molecular weight excluding hydrogens is 485 g/mol. The highest BCUT2D eigenvalue weighted by molar-refractivity contribution is 7.92. The molecule has 5 nitrogen and oxygen atoms in total. The van der Waals surface area contributed by atoms with Crippen LogP contribution in [-0.2, 0) is 16.6 Å². The summed E-state index contributed by atoms with van der Waals surface area (Å²) in [7, 11) is -3.78. The van der Waals surface area contributed by atoms with Gasteiger partial charge in [0.05, 0.1) is 20.6 Å². The molecule has 0 heterocycles. The lowest BCUT2D eigenvalue weighted by Crippen LogP contribution is -2.27. The van der Waals surface area contributed by atoms with E-state index in [1.807, 2.05) is 12.1 Å². The molecule has 0 bridgehead atoms. The van der Waals surface area contributed by atoms with E-state index in [0.717, 1.165) is 5.56 Å². The van der Waals surface area contributed by atoms with Crippen LogP contribution in [0, 0.1) is 0 Å². The van der Waals surface area contributed by atoms with Crippen LogP contribution in [0.15, 0.2) is 71.6 Å². The molecule has 0 aliphatic rings. The van der Waals surface area contributed by atoms with Gasteiger partial charge in [0.1, 0.15) is 0 Å². The van der Waals surface area contributed by atoms with Gasteiger partial charge in [-0.3, -0.25) is 4.72 Å². The Morgan fingerprint density at radius 2 is 1.47 bits per heavy atom. The zero-order valence-electron chi connectivity index (χ0n) is 15.3. The van der Waals surface area contributed by atoms with Crippen LogP contribution in [0.1, 0.15) is 5.56 Å². The molecule has 0 radical (unpaired) electrons. The molecular formula is C20H16Cl3N3O2S2. The van der Waals surface area contributed by atoms with Crippen LogP contribution < -0.4 is 15.4 Å². The Labute approximate surface area is 195 Å². The molecule has 0 aliphatic heterocycles. The number of hydrogen-bond acceptors (Lipinski definition) is 3. The highest BCUT2D eigenvalue weighted by Gasteiger charge is 2.15. The summed E-state index contributed by atoms with van der Waals surface area (Å²) in [5, 5.41) is 7.77. The van der Waals surface area contributed by atoms with Gasteiger partial charge in [0.15, 0.2) is 5.11 Å². The fraction of sp³-hybridized carbons (Fsp3) is 0.0500. The van der Waals surface area contributed by atoms with Gasteiger partial charge in [0.2, 0.25) is 0 Å². The molecule has 0 spiro atoms. The summed E-state index contributed by atoms with van der Waals surface area (Å²) in [6, 6.07) is 18.1. The summed E-state index contributed by atoms with van der Waals surface area (Å²) < 4.78 is 27.6. The smallest absolute Gasteiger partial charge is 0.261 e. The number of anilines is 2. The molecule has 0 atom stereocenters. The van der Waals surface area contributed by atoms with Gasteiger partial charge in [-0.15, -0.1) is 0 Å². The third kappa shape index (κ3) is 6.23. The van der Waals surface area contributed by atoms with Gasteiger partial charge in [0.25, 0.3) is 10.0 Å². The lowest BCUT2D eigenvalue weighted by atomic mass is 10.2. The van der Waals surface area contributed by atoms with Crippen LogP contribution in [-0.4, -0.2) is 13.5 Å². The Morgan fingerprint density at radius 1 is 0.833 bits per heavy atom. The number of halogens is 3. The highest BCUT2D eigenvalue weighted by Crippen LogP contribution is 2.26. The van der Waals surface area contributed by atoms with Crippen molar-refractivity contribution in [2.24, 2.45) is 0 Å². The van der Waals surface area contributed by atoms with Gasteiger partial charge in [-0.2, -0.15) is 0 Å². The van der Waals surface area contributed by atoms with E-state index in [1.165, 1.54) is 30.3 Å². The minimum atomic E-state index is -3.78. The summed E-state index contributed by atoms with van der Waals surface area (Å²) in [6.45, 7) is 0.531. The molecule has 0 amide bonds. The number of thiocarbonyl (C=S) groups is 1. The lowest BCUT2D eigenvalue weighted by Gasteiger charge is -2.12. The molecule has 10 heteroatoms. The van der Waals surface area contributed by atoms with E-state index in [4.69, 9.17) is 47.0 Å². The van der Waals surface area contributed by atoms with E-state index in [9.17, 15) is 8.42 Å². The van der Waals surface area contributed by atoms with E-state index in [1.54, 1.807) is 24.3 Å². The lowest BCUT2D eigenvalue weighted by molar-refractivity contribution is 0.601. The van der Waals surface area contributed by atoms with Crippen molar-refractivity contribution in [3.63, 3.8) is 0 Å². The summed E-state index contributed by atoms with van der Waals surface area (Å²) in [5.74, 6) is 0. The molecule has 0 fully saturated rings. The first-order valence-corrected chi connectivity index (χ1v) is 11.6. The average molecular weight is 501 g/mol. The highest BCUT2D eigenvalue weighted by atomic mass is 35.5. The molecule has 0 unspecified atom stereocenters. The first kappa shape index (κ1) is 22.7. The fourth-order valence-corrected chi connectivity index (χ4v) is 4.11. The van der Waals surface area contributed by atoms with Crippen molar-refractivity contribution in [1.29, 1.82) is 0 Å². The first-order chi connectivity index (χ1) is 14.2. The van der Waals surface area contributed by atoms with Crippen molar-refractivity contribution in [3.8, 4) is 0 Å². The second-order valence-electron chi connectivity index (χ2n) is 6.19. The zero-order chi connectivity index (χ0) is 21.7. The predicted molar refractivity (Wildman–Crippen MR) is 128 cm³/mol. The zero-order valence-corrected chi connectivity index (χ0v) is 19.2. The molecule has 0 saturated heterocycles. The number of hydrogen-bond donors (Lipinski definition) is 3. The molecule has 0 aromatic heterocycles. The van der Waals surface area contributed by atoms with Gasteiger partial charge in [-0.1, -0.05) is 46.9 Å². The van der Waals surface area contributed by atoms with Gasteiger partial charge in [0, 0.05) is 17.3 Å². The fourth-order valence-electron chi connectivity index (χ4n) is 2.45. The van der Waals surface area contributed by atoms with Gasteiger partial charge >= 0.3 is 0 Å². The Kier molecular flexibility index (Phi) is 7.44. The van der Waals surface area contributed by atoms with Gasteiger partial charge in [-0.25, -0.2) is 8.42 Å². The van der Waals surface area contributed by atoms with E-state index in [0.29, 0.717) is 33.1 Å². The minimum absolute atomic E-state index is 0.0964. The van der Waals surface area contributed by atoms with Crippen molar-refractivity contribution in [1.82, 2.24) is 5.32 Å². The number of sulfonamides is 1. The molecule has 3 aromatic rings. The van der Waals surface area contributed by atoms with Crippen LogP contribution in [0.4, 0.5) is 11.4 Å². The Balaban J connectivity index is 1.59. The molecule has 3 rings (SSSR count). The maximum Gasteiger partial charge on any atom is 0.261 e. The molecule has 3 N–H and O–H groups in total. The Morgan fingerprint density at radius 3 is 2.10 bits per heavy atom. The minimum Gasteiger partial charge on any atom is -0.358 e. The van der Waals surface area contributed by atoms with Gasteiger partial charge < -0.3 is 10.6 Å². The third-order valence-electron chi connectivity index (χ3n) is 3.96. The summed E-state index contributed by atoms with van der Waals surface area (Å²) in [6.07, 6.45) is 0. The number of rotatable bonds is 6. The van der Waals surface area contributed by atoms with E-state index >= 15 is 0 Å². The Hall–Kier alpha value is -2.03. The predicted octanol–water partition coefficient (Wildman–Crippen LogP) is 5.93. The second kappa shape index (κ2) is 9.85. The maximum absolute atomic E-state index is 12.6. The monoisotopic (exact) mass is 499 g/mol. The van der Waals surface area contributed by atoms with Crippen molar-refractivity contribution < 1.29 is 8.42 Å². The number of benzene rings is 3. The van der Waals surface area contributed by atoms with Crippen molar-refractivity contribution in [2.45, 2.75) is 11.4 Å². The second-order valence-corrected chi connectivity index (χ2v) is 9.53. The van der Waals surface area contributed by atoms with Crippen molar-refractivity contribution in [2.75, 3.05) is 10.0 Å². The van der Waals surface area contributed by atoms with Crippen LogP contribution in [0.3, 0.4) is 0 Å². The van der Waals surface area contributed by atoms with E-state index in [-0.39, 0.29) is 9.92 Å². The molecule has 30 heavy (non-hydrogen) atoms. The molecule has 156 valence electrons. The van der Waals surface area contributed by atoms with E-state index in [2.05, 4.69) is 15.4 Å². The summed E-state index contributed by atoms with van der Waals surface area (Å²) >= 11 is 22.9. The molecule has 0 saturated carbocycles. The quantitative estimate of drug-likeness (QED) is 0.366. The average Bonchev–Trinajstić information content (AvgIpc) is 2.70. The van der Waals surface area contributed by atoms with Gasteiger partial charge in [-0.05, 0) is 72.4 Å². The van der Waals surface area contributed by atoms with Crippen molar-refractivity contribution >= 4 is 73.5 Å². The maximum atomic E-state index is 12.6. The first-order valence-electron chi connectivity index (χ1n) is 8.60. The topological polar surface area (TPSA) is 70.2 Å².